The summed E-state index contributed by atoms with van der Waals surface area (Å²) in [4.78, 5) is 14.1. The van der Waals surface area contributed by atoms with E-state index in [1.54, 1.807) is 0 Å². The smallest absolute Gasteiger partial charge is 0.228 e. The van der Waals surface area contributed by atoms with Crippen molar-refractivity contribution in [3.63, 3.8) is 0 Å². The Hall–Kier alpha value is -1.84. The van der Waals surface area contributed by atoms with Crippen molar-refractivity contribution in [3.05, 3.63) is 30.0 Å². The standard InChI is InChI=1S/C15H20N2O2/c1-3-5-10-17(4-2)15(18)11-13-12-8-6-7-9-14(12)19-16-13/h6-9H,3-5,10-11H2,1-2H3. The van der Waals surface area contributed by atoms with Gasteiger partial charge in [0.1, 0.15) is 5.69 Å². The summed E-state index contributed by atoms with van der Waals surface area (Å²) in [5, 5.41) is 4.94. The van der Waals surface area contributed by atoms with E-state index in [-0.39, 0.29) is 5.91 Å². The summed E-state index contributed by atoms with van der Waals surface area (Å²) < 4.78 is 5.22. The number of benzene rings is 1. The highest BCUT2D eigenvalue weighted by atomic mass is 16.5. The highest BCUT2D eigenvalue weighted by Gasteiger charge is 2.16. The molecule has 2 aromatic rings. The first kappa shape index (κ1) is 13.6. The Morgan fingerprint density at radius 2 is 2.11 bits per heavy atom. The van der Waals surface area contributed by atoms with Crippen molar-refractivity contribution in [1.82, 2.24) is 10.1 Å². The maximum absolute atomic E-state index is 12.2. The Labute approximate surface area is 113 Å². The average Bonchev–Trinajstić information content (AvgIpc) is 2.83. The molecule has 0 saturated carbocycles. The van der Waals surface area contributed by atoms with Crippen LogP contribution in [-0.2, 0) is 11.2 Å². The van der Waals surface area contributed by atoms with Gasteiger partial charge in [0, 0.05) is 18.5 Å². The zero-order chi connectivity index (χ0) is 13.7. The molecule has 1 amide bonds. The first-order valence-electron chi connectivity index (χ1n) is 6.87. The maximum Gasteiger partial charge on any atom is 0.228 e. The van der Waals surface area contributed by atoms with Gasteiger partial charge in [-0.2, -0.15) is 0 Å². The fraction of sp³-hybridized carbons (Fsp3) is 0.467. The van der Waals surface area contributed by atoms with Crippen molar-refractivity contribution in [1.29, 1.82) is 0 Å². The number of hydrogen-bond donors (Lipinski definition) is 0. The van der Waals surface area contributed by atoms with Crippen LogP contribution >= 0.6 is 0 Å². The number of nitrogens with zero attached hydrogens (tertiary/aromatic N) is 2. The van der Waals surface area contributed by atoms with Crippen LogP contribution in [0, 0.1) is 0 Å². The second kappa shape index (κ2) is 6.36. The largest absolute Gasteiger partial charge is 0.356 e. The number of fused-ring (bicyclic) bond motifs is 1. The molecule has 0 atom stereocenters. The van der Waals surface area contributed by atoms with E-state index < -0.39 is 0 Å². The molecule has 0 N–H and O–H groups in total. The van der Waals surface area contributed by atoms with Crippen LogP contribution in [0.15, 0.2) is 28.8 Å². The number of carbonyl (C=O) groups excluding carboxylic acids is 1. The molecule has 2 rings (SSSR count). The molecule has 0 bridgehead atoms. The molecule has 0 unspecified atom stereocenters. The molecular weight excluding hydrogens is 240 g/mol. The Bertz CT molecular complexity index is 548. The van der Waals surface area contributed by atoms with Crippen molar-refractivity contribution in [3.8, 4) is 0 Å². The summed E-state index contributed by atoms with van der Waals surface area (Å²) in [7, 11) is 0. The van der Waals surface area contributed by atoms with Gasteiger partial charge in [-0.05, 0) is 25.5 Å². The van der Waals surface area contributed by atoms with Crippen molar-refractivity contribution in [2.45, 2.75) is 33.1 Å². The Morgan fingerprint density at radius 3 is 2.84 bits per heavy atom. The molecule has 4 heteroatoms. The fourth-order valence-corrected chi connectivity index (χ4v) is 2.13. The minimum atomic E-state index is 0.120. The lowest BCUT2D eigenvalue weighted by Gasteiger charge is -2.20. The number of aromatic nitrogens is 1. The van der Waals surface area contributed by atoms with E-state index in [1.807, 2.05) is 36.1 Å². The number of amides is 1. The van der Waals surface area contributed by atoms with Gasteiger partial charge in [0.15, 0.2) is 5.58 Å². The average molecular weight is 260 g/mol. The van der Waals surface area contributed by atoms with E-state index in [0.29, 0.717) is 6.42 Å². The van der Waals surface area contributed by atoms with E-state index in [4.69, 9.17) is 4.52 Å². The molecule has 1 heterocycles. The van der Waals surface area contributed by atoms with Crippen LogP contribution in [0.3, 0.4) is 0 Å². The molecular formula is C15H20N2O2. The number of hydrogen-bond acceptors (Lipinski definition) is 3. The predicted octanol–water partition coefficient (Wildman–Crippen LogP) is 3.02. The van der Waals surface area contributed by atoms with Gasteiger partial charge in [0.05, 0.1) is 6.42 Å². The third-order valence-electron chi connectivity index (χ3n) is 3.29. The third kappa shape index (κ3) is 3.13. The first-order valence-corrected chi connectivity index (χ1v) is 6.87. The molecule has 0 aliphatic carbocycles. The van der Waals surface area contributed by atoms with Gasteiger partial charge in [-0.25, -0.2) is 0 Å². The summed E-state index contributed by atoms with van der Waals surface area (Å²) >= 11 is 0. The van der Waals surface area contributed by atoms with Crippen LogP contribution in [0.5, 0.6) is 0 Å². The Morgan fingerprint density at radius 1 is 1.32 bits per heavy atom. The lowest BCUT2D eigenvalue weighted by atomic mass is 10.1. The molecule has 102 valence electrons. The van der Waals surface area contributed by atoms with Crippen molar-refractivity contribution < 1.29 is 9.32 Å². The van der Waals surface area contributed by atoms with Crippen LogP contribution in [0.4, 0.5) is 0 Å². The summed E-state index contributed by atoms with van der Waals surface area (Å²) in [6.07, 6.45) is 2.45. The van der Waals surface area contributed by atoms with Crippen LogP contribution in [-0.4, -0.2) is 29.1 Å². The summed E-state index contributed by atoms with van der Waals surface area (Å²) in [6.45, 7) is 5.70. The molecule has 0 saturated heterocycles. The summed E-state index contributed by atoms with van der Waals surface area (Å²) in [5.74, 6) is 0.120. The minimum Gasteiger partial charge on any atom is -0.356 e. The maximum atomic E-state index is 12.2. The zero-order valence-electron chi connectivity index (χ0n) is 11.6. The number of para-hydroxylation sites is 1. The fourth-order valence-electron chi connectivity index (χ4n) is 2.13. The van der Waals surface area contributed by atoms with Crippen molar-refractivity contribution in [2.24, 2.45) is 0 Å². The number of unbranched alkanes of at least 4 members (excludes halogenated alkanes) is 1. The number of carbonyl (C=O) groups is 1. The Kier molecular flexibility index (Phi) is 4.55. The SMILES string of the molecule is CCCCN(CC)C(=O)Cc1noc2ccccc12. The van der Waals surface area contributed by atoms with Crippen molar-refractivity contribution >= 4 is 16.9 Å². The van der Waals surface area contributed by atoms with E-state index in [2.05, 4.69) is 12.1 Å². The number of likely N-dealkylation sites (N-methyl/N-ethyl adjacent to an activating group) is 1. The van der Waals surface area contributed by atoms with Crippen LogP contribution in [0.1, 0.15) is 32.4 Å². The van der Waals surface area contributed by atoms with Gasteiger partial charge >= 0.3 is 0 Å². The van der Waals surface area contributed by atoms with E-state index >= 15 is 0 Å². The second-order valence-corrected chi connectivity index (χ2v) is 4.63. The molecule has 19 heavy (non-hydrogen) atoms. The highest BCUT2D eigenvalue weighted by molar-refractivity contribution is 5.86. The molecule has 1 aromatic heterocycles. The molecule has 1 aromatic carbocycles. The highest BCUT2D eigenvalue weighted by Crippen LogP contribution is 2.18. The third-order valence-corrected chi connectivity index (χ3v) is 3.29. The zero-order valence-corrected chi connectivity index (χ0v) is 11.6. The molecule has 0 spiro atoms. The van der Waals surface area contributed by atoms with Gasteiger partial charge in [-0.3, -0.25) is 4.79 Å². The lowest BCUT2D eigenvalue weighted by Crippen LogP contribution is -2.33. The van der Waals surface area contributed by atoms with Crippen LogP contribution in [0.25, 0.3) is 11.0 Å². The summed E-state index contributed by atoms with van der Waals surface area (Å²) in [6, 6.07) is 7.64. The van der Waals surface area contributed by atoms with Crippen LogP contribution < -0.4 is 0 Å². The van der Waals surface area contributed by atoms with E-state index in [1.165, 1.54) is 0 Å². The van der Waals surface area contributed by atoms with Gasteiger partial charge in [0.2, 0.25) is 5.91 Å². The monoisotopic (exact) mass is 260 g/mol. The summed E-state index contributed by atoms with van der Waals surface area (Å²) in [5.41, 5.74) is 1.47. The normalized spacial score (nSPS) is 10.8. The van der Waals surface area contributed by atoms with E-state index in [9.17, 15) is 4.79 Å². The van der Waals surface area contributed by atoms with Gasteiger partial charge in [-0.15, -0.1) is 0 Å². The Balaban J connectivity index is 2.09. The minimum absolute atomic E-state index is 0.120. The second-order valence-electron chi connectivity index (χ2n) is 4.63. The molecule has 4 nitrogen and oxygen atoms in total. The topological polar surface area (TPSA) is 46.3 Å². The lowest BCUT2D eigenvalue weighted by molar-refractivity contribution is -0.130. The predicted molar refractivity (Wildman–Crippen MR) is 74.9 cm³/mol. The molecule has 0 fully saturated rings. The van der Waals surface area contributed by atoms with E-state index in [0.717, 1.165) is 42.6 Å². The quantitative estimate of drug-likeness (QED) is 0.802. The first-order chi connectivity index (χ1) is 9.26. The molecule has 0 aliphatic rings. The molecule has 0 aliphatic heterocycles. The van der Waals surface area contributed by atoms with Gasteiger partial charge in [-0.1, -0.05) is 30.6 Å². The van der Waals surface area contributed by atoms with Crippen LogP contribution in [0.2, 0.25) is 0 Å². The molecule has 0 radical (unpaired) electrons. The van der Waals surface area contributed by atoms with Gasteiger partial charge < -0.3 is 9.42 Å². The van der Waals surface area contributed by atoms with Gasteiger partial charge in [0.25, 0.3) is 0 Å². The van der Waals surface area contributed by atoms with Crippen molar-refractivity contribution in [2.75, 3.05) is 13.1 Å². The number of rotatable bonds is 6.